The molecular formula is C14H11F3N2O. The molecule has 1 heterocycles. The number of hydrogen-bond acceptors (Lipinski definition) is 2. The average molecular weight is 280 g/mol. The third-order valence-corrected chi connectivity index (χ3v) is 3.97. The number of nitrogens with zero attached hydrogens (tertiary/aromatic N) is 2. The highest BCUT2D eigenvalue weighted by Gasteiger charge is 2.48. The predicted octanol–water partition coefficient (Wildman–Crippen LogP) is 2.95. The summed E-state index contributed by atoms with van der Waals surface area (Å²) in [4.78, 5) is 13.5. The average Bonchev–Trinajstić information content (AvgIpc) is 3.18. The maximum absolute atomic E-state index is 12.9. The Balaban J connectivity index is 1.98. The van der Waals surface area contributed by atoms with Crippen LogP contribution in [0.5, 0.6) is 0 Å². The van der Waals surface area contributed by atoms with Gasteiger partial charge in [-0.1, -0.05) is 0 Å². The molecule has 0 N–H and O–H groups in total. The third-order valence-electron chi connectivity index (χ3n) is 3.97. The van der Waals surface area contributed by atoms with Gasteiger partial charge in [0.2, 0.25) is 5.91 Å². The lowest BCUT2D eigenvalue weighted by atomic mass is 10.0. The Kier molecular flexibility index (Phi) is 2.75. The molecule has 3 nitrogen and oxygen atoms in total. The molecule has 1 amide bonds. The number of fused-ring (bicyclic) bond motifs is 1. The molecule has 2 fully saturated rings. The summed E-state index contributed by atoms with van der Waals surface area (Å²) in [6, 6.07) is 4.98. The van der Waals surface area contributed by atoms with Crippen LogP contribution in [0.4, 0.5) is 18.9 Å². The molecule has 20 heavy (non-hydrogen) atoms. The van der Waals surface area contributed by atoms with Gasteiger partial charge in [-0.2, -0.15) is 18.4 Å². The molecule has 2 unspecified atom stereocenters. The molecule has 1 aromatic rings. The van der Waals surface area contributed by atoms with Crippen molar-refractivity contribution >= 4 is 11.6 Å². The van der Waals surface area contributed by atoms with Crippen molar-refractivity contribution in [3.05, 3.63) is 29.3 Å². The van der Waals surface area contributed by atoms with E-state index in [0.717, 1.165) is 25.0 Å². The first-order valence-electron chi connectivity index (χ1n) is 6.34. The number of nitriles is 1. The Bertz CT molecular complexity index is 618. The van der Waals surface area contributed by atoms with Crippen LogP contribution >= 0.6 is 0 Å². The molecular weight excluding hydrogens is 269 g/mol. The molecule has 2 atom stereocenters. The smallest absolute Gasteiger partial charge is 0.312 e. The number of benzene rings is 1. The van der Waals surface area contributed by atoms with Gasteiger partial charge in [-0.3, -0.25) is 4.79 Å². The number of hydrogen-bond donors (Lipinski definition) is 0. The maximum Gasteiger partial charge on any atom is 0.417 e. The van der Waals surface area contributed by atoms with Gasteiger partial charge in [0.1, 0.15) is 0 Å². The Labute approximate surface area is 113 Å². The van der Waals surface area contributed by atoms with E-state index in [-0.39, 0.29) is 17.5 Å². The van der Waals surface area contributed by atoms with Gasteiger partial charge < -0.3 is 4.90 Å². The summed E-state index contributed by atoms with van der Waals surface area (Å²) in [5.74, 6) is 0.298. The molecule has 1 aliphatic carbocycles. The monoisotopic (exact) mass is 280 g/mol. The summed E-state index contributed by atoms with van der Waals surface area (Å²) in [5.41, 5.74) is -1.18. The second-order valence-corrected chi connectivity index (χ2v) is 5.22. The molecule has 0 spiro atoms. The van der Waals surface area contributed by atoms with Crippen LogP contribution in [0.2, 0.25) is 0 Å². The molecule has 1 saturated carbocycles. The highest BCUT2D eigenvalue weighted by Crippen LogP contribution is 2.47. The Morgan fingerprint density at radius 3 is 2.75 bits per heavy atom. The first-order valence-corrected chi connectivity index (χ1v) is 6.34. The van der Waals surface area contributed by atoms with Gasteiger partial charge in [-0.15, -0.1) is 0 Å². The lowest BCUT2D eigenvalue weighted by molar-refractivity contribution is -0.137. The molecule has 1 aliphatic heterocycles. The van der Waals surface area contributed by atoms with Crippen LogP contribution < -0.4 is 4.90 Å². The van der Waals surface area contributed by atoms with Gasteiger partial charge >= 0.3 is 6.18 Å². The fourth-order valence-electron chi connectivity index (χ4n) is 2.76. The van der Waals surface area contributed by atoms with Crippen LogP contribution in [-0.2, 0) is 11.0 Å². The van der Waals surface area contributed by atoms with Crippen LogP contribution in [0.3, 0.4) is 0 Å². The Morgan fingerprint density at radius 2 is 2.10 bits per heavy atom. The maximum atomic E-state index is 12.9. The van der Waals surface area contributed by atoms with E-state index in [9.17, 15) is 18.0 Å². The minimum absolute atomic E-state index is 0.0197. The molecule has 6 heteroatoms. The van der Waals surface area contributed by atoms with Crippen molar-refractivity contribution in [2.24, 2.45) is 11.8 Å². The first kappa shape index (κ1) is 13.0. The van der Waals surface area contributed by atoms with Crippen molar-refractivity contribution < 1.29 is 18.0 Å². The fourth-order valence-corrected chi connectivity index (χ4v) is 2.76. The van der Waals surface area contributed by atoms with Crippen molar-refractivity contribution in [3.8, 4) is 6.07 Å². The van der Waals surface area contributed by atoms with Gasteiger partial charge in [0.05, 0.1) is 17.2 Å². The zero-order valence-corrected chi connectivity index (χ0v) is 10.4. The molecule has 104 valence electrons. The summed E-state index contributed by atoms with van der Waals surface area (Å²) >= 11 is 0. The predicted molar refractivity (Wildman–Crippen MR) is 64.7 cm³/mol. The van der Waals surface area contributed by atoms with E-state index in [0.29, 0.717) is 12.5 Å². The van der Waals surface area contributed by atoms with E-state index in [1.807, 2.05) is 0 Å². The third kappa shape index (κ3) is 2.03. The minimum Gasteiger partial charge on any atom is -0.312 e. The molecule has 2 aliphatic rings. The number of carbonyl (C=O) groups is 1. The largest absolute Gasteiger partial charge is 0.417 e. The number of halogens is 3. The number of anilines is 1. The van der Waals surface area contributed by atoms with E-state index in [2.05, 4.69) is 0 Å². The van der Waals surface area contributed by atoms with Crippen LogP contribution in [0, 0.1) is 23.2 Å². The van der Waals surface area contributed by atoms with Gasteiger partial charge in [-0.25, -0.2) is 0 Å². The second-order valence-electron chi connectivity index (χ2n) is 5.22. The number of alkyl halides is 3. The fraction of sp³-hybridized carbons (Fsp3) is 0.429. The number of carbonyl (C=O) groups excluding carboxylic acids is 1. The standard InChI is InChI=1S/C14H11F3N2O/c15-14(16,17)12-6-10(2-1-9(12)7-18)19-4-3-8-5-11(8)13(19)20/h1-2,6,8,11H,3-5H2. The van der Waals surface area contributed by atoms with E-state index in [4.69, 9.17) is 5.26 Å². The van der Waals surface area contributed by atoms with E-state index >= 15 is 0 Å². The van der Waals surface area contributed by atoms with Crippen molar-refractivity contribution in [1.29, 1.82) is 5.26 Å². The molecule has 1 aromatic carbocycles. The van der Waals surface area contributed by atoms with Gasteiger partial charge in [0.25, 0.3) is 0 Å². The quantitative estimate of drug-likeness (QED) is 0.793. The van der Waals surface area contributed by atoms with E-state index < -0.39 is 17.3 Å². The summed E-state index contributed by atoms with van der Waals surface area (Å²) in [6.45, 7) is 0.448. The molecule has 0 radical (unpaired) electrons. The highest BCUT2D eigenvalue weighted by molar-refractivity contribution is 5.97. The molecule has 3 rings (SSSR count). The number of rotatable bonds is 1. The van der Waals surface area contributed by atoms with Crippen molar-refractivity contribution in [2.45, 2.75) is 19.0 Å². The zero-order chi connectivity index (χ0) is 14.5. The zero-order valence-electron chi connectivity index (χ0n) is 10.4. The minimum atomic E-state index is -4.60. The summed E-state index contributed by atoms with van der Waals surface area (Å²) < 4.78 is 38.7. The normalized spacial score (nSPS) is 25.1. The number of amides is 1. The van der Waals surface area contributed by atoms with Crippen molar-refractivity contribution in [1.82, 2.24) is 0 Å². The Morgan fingerprint density at radius 1 is 1.35 bits per heavy atom. The summed E-state index contributed by atoms with van der Waals surface area (Å²) in [6.07, 6.45) is -2.92. The molecule has 0 aromatic heterocycles. The van der Waals surface area contributed by atoms with Crippen molar-refractivity contribution in [2.75, 3.05) is 11.4 Å². The SMILES string of the molecule is N#Cc1ccc(N2CCC3CC3C2=O)cc1C(F)(F)F. The second kappa shape index (κ2) is 4.23. The Hall–Kier alpha value is -2.03. The van der Waals surface area contributed by atoms with Crippen LogP contribution in [0.15, 0.2) is 18.2 Å². The van der Waals surface area contributed by atoms with Crippen LogP contribution in [0.25, 0.3) is 0 Å². The summed E-state index contributed by atoms with van der Waals surface area (Å²) in [5, 5.41) is 8.75. The van der Waals surface area contributed by atoms with Gasteiger partial charge in [0.15, 0.2) is 0 Å². The van der Waals surface area contributed by atoms with Crippen LogP contribution in [0.1, 0.15) is 24.0 Å². The van der Waals surface area contributed by atoms with E-state index in [1.54, 1.807) is 0 Å². The van der Waals surface area contributed by atoms with Gasteiger partial charge in [0, 0.05) is 18.2 Å². The lowest BCUT2D eigenvalue weighted by Gasteiger charge is -2.27. The van der Waals surface area contributed by atoms with Crippen LogP contribution in [-0.4, -0.2) is 12.5 Å². The number of piperidine rings is 1. The molecule has 1 saturated heterocycles. The van der Waals surface area contributed by atoms with Gasteiger partial charge in [-0.05, 0) is 37.0 Å². The first-order chi connectivity index (χ1) is 9.41. The molecule has 0 bridgehead atoms. The summed E-state index contributed by atoms with van der Waals surface area (Å²) in [7, 11) is 0. The lowest BCUT2D eigenvalue weighted by Crippen LogP contribution is -2.37. The van der Waals surface area contributed by atoms with Crippen molar-refractivity contribution in [3.63, 3.8) is 0 Å². The van der Waals surface area contributed by atoms with E-state index in [1.165, 1.54) is 17.0 Å². The topological polar surface area (TPSA) is 44.1 Å². The highest BCUT2D eigenvalue weighted by atomic mass is 19.4.